The molecular weight excluding hydrogens is 272 g/mol. The van der Waals surface area contributed by atoms with Crippen molar-refractivity contribution < 1.29 is 19.4 Å². The molecule has 1 saturated carbocycles. The number of hydrogen-bond acceptors (Lipinski definition) is 5. The van der Waals surface area contributed by atoms with Crippen LogP contribution in [-0.2, 0) is 14.3 Å². The standard InChI is InChI=1S/C15H28N2O4/c1-21-15(20)13(11-18)16-10-9-14(19)17-12-7-5-3-2-4-6-8-12/h12-13,16,18H,2-11H2,1H3,(H,17,19)/t13-/m0/s1. The summed E-state index contributed by atoms with van der Waals surface area (Å²) < 4.78 is 4.55. The maximum Gasteiger partial charge on any atom is 0.325 e. The van der Waals surface area contributed by atoms with Crippen molar-refractivity contribution in [3.05, 3.63) is 0 Å². The van der Waals surface area contributed by atoms with Crippen LogP contribution in [0.25, 0.3) is 0 Å². The van der Waals surface area contributed by atoms with Crippen LogP contribution < -0.4 is 10.6 Å². The SMILES string of the molecule is COC(=O)[C@H](CO)NCCC(=O)NC1CCCCCCC1. The third-order valence-electron chi connectivity index (χ3n) is 3.88. The molecule has 1 amide bonds. The van der Waals surface area contributed by atoms with Crippen molar-refractivity contribution in [1.29, 1.82) is 0 Å². The summed E-state index contributed by atoms with van der Waals surface area (Å²) >= 11 is 0. The van der Waals surface area contributed by atoms with Crippen LogP contribution in [0.4, 0.5) is 0 Å². The largest absolute Gasteiger partial charge is 0.468 e. The van der Waals surface area contributed by atoms with Crippen LogP contribution in [-0.4, -0.2) is 49.3 Å². The zero-order valence-electron chi connectivity index (χ0n) is 12.9. The highest BCUT2D eigenvalue weighted by Crippen LogP contribution is 2.17. The summed E-state index contributed by atoms with van der Waals surface area (Å²) in [5.41, 5.74) is 0. The van der Waals surface area contributed by atoms with Gasteiger partial charge in [0.15, 0.2) is 0 Å². The maximum absolute atomic E-state index is 11.9. The fourth-order valence-electron chi connectivity index (χ4n) is 2.62. The first kappa shape index (κ1) is 17.9. The summed E-state index contributed by atoms with van der Waals surface area (Å²) in [5, 5.41) is 14.9. The number of hydrogen-bond donors (Lipinski definition) is 3. The van der Waals surface area contributed by atoms with Gasteiger partial charge in [-0.25, -0.2) is 0 Å². The molecule has 0 aromatic rings. The zero-order chi connectivity index (χ0) is 15.5. The molecule has 0 unspecified atom stereocenters. The third-order valence-corrected chi connectivity index (χ3v) is 3.88. The summed E-state index contributed by atoms with van der Waals surface area (Å²) in [5.74, 6) is -0.521. The van der Waals surface area contributed by atoms with Gasteiger partial charge in [0, 0.05) is 19.0 Å². The van der Waals surface area contributed by atoms with Crippen molar-refractivity contribution in [2.24, 2.45) is 0 Å². The lowest BCUT2D eigenvalue weighted by atomic mass is 9.96. The molecule has 122 valence electrons. The summed E-state index contributed by atoms with van der Waals surface area (Å²) in [6.45, 7) is 0.00972. The first-order chi connectivity index (χ1) is 10.2. The quantitative estimate of drug-likeness (QED) is 0.603. The Morgan fingerprint density at radius 2 is 1.81 bits per heavy atom. The lowest BCUT2D eigenvalue weighted by Crippen LogP contribution is -2.43. The van der Waals surface area contributed by atoms with E-state index in [9.17, 15) is 9.59 Å². The minimum atomic E-state index is -0.760. The molecule has 0 aromatic carbocycles. The zero-order valence-corrected chi connectivity index (χ0v) is 12.9. The van der Waals surface area contributed by atoms with Crippen LogP contribution in [0.15, 0.2) is 0 Å². The van der Waals surface area contributed by atoms with Crippen molar-refractivity contribution in [1.82, 2.24) is 10.6 Å². The molecule has 0 aliphatic heterocycles. The van der Waals surface area contributed by atoms with E-state index in [1.54, 1.807) is 0 Å². The van der Waals surface area contributed by atoms with E-state index in [0.29, 0.717) is 13.0 Å². The maximum atomic E-state index is 11.9. The molecule has 0 radical (unpaired) electrons. The Labute approximate surface area is 126 Å². The summed E-state index contributed by atoms with van der Waals surface area (Å²) in [6, 6.07) is -0.476. The van der Waals surface area contributed by atoms with Gasteiger partial charge in [-0.15, -0.1) is 0 Å². The second-order valence-corrected chi connectivity index (χ2v) is 5.57. The Bertz CT molecular complexity index is 315. The minimum Gasteiger partial charge on any atom is -0.468 e. The fourth-order valence-corrected chi connectivity index (χ4v) is 2.62. The Kier molecular flexibility index (Phi) is 9.01. The van der Waals surface area contributed by atoms with Gasteiger partial charge in [0.05, 0.1) is 13.7 Å². The van der Waals surface area contributed by atoms with Crippen LogP contribution in [0, 0.1) is 0 Å². The second-order valence-electron chi connectivity index (χ2n) is 5.57. The molecule has 0 spiro atoms. The van der Waals surface area contributed by atoms with Crippen LogP contribution >= 0.6 is 0 Å². The Hall–Kier alpha value is -1.14. The highest BCUT2D eigenvalue weighted by Gasteiger charge is 2.18. The molecule has 0 aromatic heterocycles. The number of nitrogens with one attached hydrogen (secondary N) is 2. The van der Waals surface area contributed by atoms with Gasteiger partial charge in [-0.2, -0.15) is 0 Å². The average Bonchev–Trinajstić information content (AvgIpc) is 2.45. The first-order valence-corrected chi connectivity index (χ1v) is 7.88. The number of ether oxygens (including phenoxy) is 1. The number of aliphatic hydroxyl groups is 1. The number of carbonyl (C=O) groups is 2. The van der Waals surface area contributed by atoms with Gasteiger partial charge < -0.3 is 20.5 Å². The predicted molar refractivity (Wildman–Crippen MR) is 79.8 cm³/mol. The Balaban J connectivity index is 2.21. The van der Waals surface area contributed by atoms with E-state index in [-0.39, 0.29) is 18.6 Å². The molecule has 6 nitrogen and oxygen atoms in total. The second kappa shape index (κ2) is 10.6. The molecular formula is C15H28N2O4. The van der Waals surface area contributed by atoms with Crippen LogP contribution in [0.2, 0.25) is 0 Å². The van der Waals surface area contributed by atoms with Crippen molar-refractivity contribution in [3.63, 3.8) is 0 Å². The van der Waals surface area contributed by atoms with E-state index in [1.165, 1.54) is 39.2 Å². The molecule has 21 heavy (non-hydrogen) atoms. The van der Waals surface area contributed by atoms with Gasteiger partial charge in [-0.1, -0.05) is 32.1 Å². The number of amides is 1. The Morgan fingerprint density at radius 3 is 2.38 bits per heavy atom. The van der Waals surface area contributed by atoms with E-state index >= 15 is 0 Å². The molecule has 1 aliphatic carbocycles. The Morgan fingerprint density at radius 1 is 1.19 bits per heavy atom. The number of aliphatic hydroxyl groups excluding tert-OH is 1. The van der Waals surface area contributed by atoms with E-state index in [2.05, 4.69) is 15.4 Å². The molecule has 1 fully saturated rings. The van der Waals surface area contributed by atoms with E-state index in [1.807, 2.05) is 0 Å². The van der Waals surface area contributed by atoms with Gasteiger partial charge in [0.25, 0.3) is 0 Å². The molecule has 0 bridgehead atoms. The van der Waals surface area contributed by atoms with Crippen molar-refractivity contribution in [2.75, 3.05) is 20.3 Å². The van der Waals surface area contributed by atoms with Crippen molar-refractivity contribution >= 4 is 11.9 Å². The minimum absolute atomic E-state index is 0.00497. The summed E-state index contributed by atoms with van der Waals surface area (Å²) in [4.78, 5) is 23.1. The van der Waals surface area contributed by atoms with Crippen LogP contribution in [0.1, 0.15) is 51.4 Å². The van der Waals surface area contributed by atoms with Gasteiger partial charge in [0.1, 0.15) is 6.04 Å². The molecule has 3 N–H and O–H groups in total. The number of carbonyl (C=O) groups excluding carboxylic acids is 2. The van der Waals surface area contributed by atoms with Crippen molar-refractivity contribution in [3.8, 4) is 0 Å². The molecule has 6 heteroatoms. The topological polar surface area (TPSA) is 87.7 Å². The monoisotopic (exact) mass is 300 g/mol. The average molecular weight is 300 g/mol. The van der Waals surface area contributed by atoms with E-state index in [4.69, 9.17) is 5.11 Å². The molecule has 0 saturated heterocycles. The summed E-state index contributed by atoms with van der Waals surface area (Å²) in [6.07, 6.45) is 8.58. The smallest absolute Gasteiger partial charge is 0.325 e. The van der Waals surface area contributed by atoms with E-state index in [0.717, 1.165) is 12.8 Å². The fraction of sp³-hybridized carbons (Fsp3) is 0.867. The number of rotatable bonds is 7. The molecule has 0 heterocycles. The lowest BCUT2D eigenvalue weighted by molar-refractivity contribution is -0.144. The predicted octanol–water partition coefficient (Wildman–Crippen LogP) is 0.729. The van der Waals surface area contributed by atoms with Gasteiger partial charge in [-0.3, -0.25) is 9.59 Å². The van der Waals surface area contributed by atoms with Crippen LogP contribution in [0.5, 0.6) is 0 Å². The van der Waals surface area contributed by atoms with Gasteiger partial charge in [-0.05, 0) is 12.8 Å². The molecule has 1 rings (SSSR count). The van der Waals surface area contributed by atoms with Gasteiger partial charge in [0.2, 0.25) is 5.91 Å². The normalized spacial score (nSPS) is 18.4. The summed E-state index contributed by atoms with van der Waals surface area (Å²) in [7, 11) is 1.27. The third kappa shape index (κ3) is 7.43. The van der Waals surface area contributed by atoms with E-state index < -0.39 is 12.0 Å². The highest BCUT2D eigenvalue weighted by molar-refractivity contribution is 5.77. The molecule has 1 atom stereocenters. The van der Waals surface area contributed by atoms with Crippen LogP contribution in [0.3, 0.4) is 0 Å². The molecule has 1 aliphatic rings. The highest BCUT2D eigenvalue weighted by atomic mass is 16.5. The number of esters is 1. The first-order valence-electron chi connectivity index (χ1n) is 7.88. The van der Waals surface area contributed by atoms with Crippen molar-refractivity contribution in [2.45, 2.75) is 63.5 Å². The number of methoxy groups -OCH3 is 1. The van der Waals surface area contributed by atoms with Gasteiger partial charge >= 0.3 is 5.97 Å². The lowest BCUT2D eigenvalue weighted by Gasteiger charge is -2.21.